The summed E-state index contributed by atoms with van der Waals surface area (Å²) >= 11 is 0. The molecule has 6 heteroatoms. The fourth-order valence-electron chi connectivity index (χ4n) is 1.65. The Kier molecular flexibility index (Phi) is 7.23. The summed E-state index contributed by atoms with van der Waals surface area (Å²) in [6, 6.07) is -0.985. The Hall–Kier alpha value is 0.216. The number of aliphatic hydroxyl groups is 1. The Balaban J connectivity index is 0. The van der Waals surface area contributed by atoms with Crippen LogP contribution in [0.3, 0.4) is 0 Å². The molecule has 0 aliphatic carbocycles. The predicted octanol–water partition coefficient (Wildman–Crippen LogP) is 2.42. The largest absolute Gasteiger partial charge is 0.418 e. The van der Waals surface area contributed by atoms with Crippen LogP contribution in [-0.2, 0) is 16.8 Å². The van der Waals surface area contributed by atoms with Crippen LogP contribution in [0.25, 0.3) is 0 Å². The van der Waals surface area contributed by atoms with Gasteiger partial charge < -0.3 is 5.11 Å². The van der Waals surface area contributed by atoms with E-state index < -0.39 is 17.8 Å². The van der Waals surface area contributed by atoms with E-state index in [1.807, 2.05) is 13.8 Å². The van der Waals surface area contributed by atoms with E-state index >= 15 is 0 Å². The van der Waals surface area contributed by atoms with Crippen molar-refractivity contribution in [2.45, 2.75) is 58.5 Å². The molecule has 2 unspecified atom stereocenters. The van der Waals surface area contributed by atoms with Gasteiger partial charge in [-0.2, -0.15) is 13.2 Å². The van der Waals surface area contributed by atoms with E-state index in [0.29, 0.717) is 6.54 Å². The average molecular weight is 286 g/mol. The first-order chi connectivity index (χ1) is 6.55. The molecule has 0 amide bonds. The van der Waals surface area contributed by atoms with Crippen LogP contribution in [-0.4, -0.2) is 40.4 Å². The van der Waals surface area contributed by atoms with Crippen molar-refractivity contribution in [2.75, 3.05) is 6.54 Å². The van der Waals surface area contributed by atoms with Gasteiger partial charge in [-0.15, -0.1) is 0 Å². The van der Waals surface area contributed by atoms with Crippen LogP contribution < -0.4 is 0 Å². The Morgan fingerprint density at radius 1 is 1.19 bits per heavy atom. The molecule has 2 atom stereocenters. The standard InChI is InChI=1S/C10H20F3NO.Co/c1-6-14(7(2)3)8(4)9(5,15)10(11,12)13;/h7-8,15H,6H2,1-5H3;. The third kappa shape index (κ3) is 3.91. The average Bonchev–Trinajstić information content (AvgIpc) is 2.02. The van der Waals surface area contributed by atoms with Crippen LogP contribution in [0.15, 0.2) is 0 Å². The van der Waals surface area contributed by atoms with Gasteiger partial charge in [-0.25, -0.2) is 0 Å². The second-order valence-electron chi connectivity index (χ2n) is 4.25. The molecule has 16 heavy (non-hydrogen) atoms. The Morgan fingerprint density at radius 2 is 1.56 bits per heavy atom. The van der Waals surface area contributed by atoms with Crippen molar-refractivity contribution in [3.8, 4) is 0 Å². The minimum Gasteiger partial charge on any atom is -0.379 e. The zero-order valence-electron chi connectivity index (χ0n) is 10.2. The summed E-state index contributed by atoms with van der Waals surface area (Å²) in [4.78, 5) is 1.62. The molecule has 0 saturated heterocycles. The topological polar surface area (TPSA) is 23.5 Å². The van der Waals surface area contributed by atoms with Crippen LogP contribution in [0.4, 0.5) is 13.2 Å². The molecule has 0 aromatic rings. The molecule has 0 bridgehead atoms. The van der Waals surface area contributed by atoms with Gasteiger partial charge in [0.15, 0.2) is 5.60 Å². The van der Waals surface area contributed by atoms with Gasteiger partial charge in [0.25, 0.3) is 0 Å². The Labute approximate surface area is 105 Å². The smallest absolute Gasteiger partial charge is 0.379 e. The molecule has 101 valence electrons. The molecular weight excluding hydrogens is 266 g/mol. The number of rotatable bonds is 4. The van der Waals surface area contributed by atoms with E-state index in [9.17, 15) is 18.3 Å². The number of hydrogen-bond donors (Lipinski definition) is 1. The van der Waals surface area contributed by atoms with Crippen molar-refractivity contribution >= 4 is 0 Å². The van der Waals surface area contributed by atoms with Crippen LogP contribution in [0.2, 0.25) is 0 Å². The minimum atomic E-state index is -4.60. The molecule has 1 N–H and O–H groups in total. The quantitative estimate of drug-likeness (QED) is 0.858. The molecule has 1 radical (unpaired) electrons. The van der Waals surface area contributed by atoms with Crippen molar-refractivity contribution < 1.29 is 35.1 Å². The van der Waals surface area contributed by atoms with Gasteiger partial charge in [-0.05, 0) is 34.2 Å². The zero-order valence-corrected chi connectivity index (χ0v) is 11.3. The van der Waals surface area contributed by atoms with Crippen LogP contribution >= 0.6 is 0 Å². The molecule has 0 rings (SSSR count). The van der Waals surface area contributed by atoms with Crippen molar-refractivity contribution in [1.82, 2.24) is 4.90 Å². The number of nitrogens with zero attached hydrogens (tertiary/aromatic N) is 1. The summed E-state index contributed by atoms with van der Waals surface area (Å²) in [5.41, 5.74) is -2.67. The van der Waals surface area contributed by atoms with Gasteiger partial charge >= 0.3 is 6.18 Å². The van der Waals surface area contributed by atoms with Gasteiger partial charge in [-0.1, -0.05) is 6.92 Å². The van der Waals surface area contributed by atoms with Crippen LogP contribution in [0.5, 0.6) is 0 Å². The summed E-state index contributed by atoms with van der Waals surface area (Å²) in [5.74, 6) is 0. The molecule has 0 heterocycles. The maximum atomic E-state index is 12.6. The number of alkyl halides is 3. The van der Waals surface area contributed by atoms with Gasteiger partial charge in [0.1, 0.15) is 0 Å². The summed E-state index contributed by atoms with van der Waals surface area (Å²) in [6.07, 6.45) is -4.60. The summed E-state index contributed by atoms with van der Waals surface area (Å²) in [6.45, 7) is 8.10. The second kappa shape index (κ2) is 6.23. The molecule has 0 aromatic carbocycles. The molecule has 0 aliphatic rings. The van der Waals surface area contributed by atoms with Gasteiger partial charge in [0.2, 0.25) is 0 Å². The molecule has 0 saturated carbocycles. The normalized spacial score (nSPS) is 18.2. The SMILES string of the molecule is CCN(C(C)C)C(C)C(C)(O)C(F)(F)F.[Co]. The predicted molar refractivity (Wildman–Crippen MR) is 53.7 cm³/mol. The summed E-state index contributed by atoms with van der Waals surface area (Å²) in [5, 5.41) is 9.50. The van der Waals surface area contributed by atoms with Gasteiger partial charge in [-0.3, -0.25) is 4.90 Å². The van der Waals surface area contributed by atoms with Crippen LogP contribution in [0, 0.1) is 0 Å². The molecule has 0 spiro atoms. The first kappa shape index (κ1) is 18.6. The van der Waals surface area contributed by atoms with Crippen LogP contribution in [0.1, 0.15) is 34.6 Å². The van der Waals surface area contributed by atoms with E-state index in [0.717, 1.165) is 6.92 Å². The van der Waals surface area contributed by atoms with E-state index in [1.54, 1.807) is 11.8 Å². The maximum absolute atomic E-state index is 12.6. The van der Waals surface area contributed by atoms with E-state index in [2.05, 4.69) is 0 Å². The van der Waals surface area contributed by atoms with Crippen molar-refractivity contribution in [3.05, 3.63) is 0 Å². The molecule has 0 aromatic heterocycles. The maximum Gasteiger partial charge on any atom is 0.418 e. The molecule has 2 nitrogen and oxygen atoms in total. The third-order valence-corrected chi connectivity index (χ3v) is 2.91. The summed E-state index contributed by atoms with van der Waals surface area (Å²) in [7, 11) is 0. The van der Waals surface area contributed by atoms with Gasteiger partial charge in [0.05, 0.1) is 0 Å². The molecule has 0 aliphatic heterocycles. The van der Waals surface area contributed by atoms with Crippen molar-refractivity contribution in [1.29, 1.82) is 0 Å². The fraction of sp³-hybridized carbons (Fsp3) is 1.00. The first-order valence-electron chi connectivity index (χ1n) is 5.10. The molecule has 0 fully saturated rings. The third-order valence-electron chi connectivity index (χ3n) is 2.91. The Bertz CT molecular complexity index is 207. The monoisotopic (exact) mass is 286 g/mol. The molecular formula is C10H20CoF3NO. The van der Waals surface area contributed by atoms with Crippen molar-refractivity contribution in [2.24, 2.45) is 0 Å². The number of likely N-dealkylation sites (N-methyl/N-ethyl adjacent to an activating group) is 1. The van der Waals surface area contributed by atoms with Gasteiger partial charge in [0, 0.05) is 28.9 Å². The number of hydrogen-bond acceptors (Lipinski definition) is 2. The number of halogens is 3. The van der Waals surface area contributed by atoms with Crippen molar-refractivity contribution in [3.63, 3.8) is 0 Å². The summed E-state index contributed by atoms with van der Waals surface area (Å²) < 4.78 is 37.7. The van der Waals surface area contributed by atoms with E-state index in [1.165, 1.54) is 6.92 Å². The zero-order chi connectivity index (χ0) is 12.4. The van der Waals surface area contributed by atoms with E-state index in [-0.39, 0.29) is 22.8 Å². The van der Waals surface area contributed by atoms with E-state index in [4.69, 9.17) is 0 Å². The fourth-order valence-corrected chi connectivity index (χ4v) is 1.65. The second-order valence-corrected chi connectivity index (χ2v) is 4.25. The Morgan fingerprint density at radius 3 is 1.75 bits per heavy atom. The first-order valence-corrected chi connectivity index (χ1v) is 5.10. The minimum absolute atomic E-state index is 0.